The summed E-state index contributed by atoms with van der Waals surface area (Å²) in [5.41, 5.74) is 3.03. The van der Waals surface area contributed by atoms with Crippen molar-refractivity contribution in [2.45, 2.75) is 38.9 Å². The van der Waals surface area contributed by atoms with Crippen molar-refractivity contribution in [3.05, 3.63) is 47.5 Å². The van der Waals surface area contributed by atoms with Crippen LogP contribution in [0.4, 0.5) is 0 Å². The van der Waals surface area contributed by atoms with E-state index in [1.165, 1.54) is 0 Å². The Hall–Kier alpha value is -2.08. The van der Waals surface area contributed by atoms with E-state index in [9.17, 15) is 0 Å². The van der Waals surface area contributed by atoms with Crippen molar-refractivity contribution in [3.8, 4) is 0 Å². The zero-order chi connectivity index (χ0) is 19.0. The fourth-order valence-corrected chi connectivity index (χ4v) is 3.74. The molecule has 136 valence electrons. The largest absolute Gasteiger partial charge is 0.495 e. The van der Waals surface area contributed by atoms with Crippen molar-refractivity contribution in [2.24, 2.45) is 0 Å². The van der Waals surface area contributed by atoms with Crippen molar-refractivity contribution in [3.63, 3.8) is 0 Å². The first-order chi connectivity index (χ1) is 12.8. The molecule has 1 fully saturated rings. The van der Waals surface area contributed by atoms with Gasteiger partial charge in [0.1, 0.15) is 5.52 Å². The third-order valence-electron chi connectivity index (χ3n) is 5.79. The van der Waals surface area contributed by atoms with Crippen LogP contribution in [0.5, 0.6) is 0 Å². The summed E-state index contributed by atoms with van der Waals surface area (Å²) in [6, 6.07) is 13.7. The van der Waals surface area contributed by atoms with Crippen molar-refractivity contribution in [2.75, 3.05) is 0 Å². The molecule has 6 heteroatoms. The topological polar surface area (TPSA) is 44.5 Å². The maximum atomic E-state index is 6.45. The van der Waals surface area contributed by atoms with Crippen LogP contribution in [0.3, 0.4) is 0 Å². The van der Waals surface area contributed by atoms with Gasteiger partial charge in [0.25, 0.3) is 0 Å². The van der Waals surface area contributed by atoms with Crippen LogP contribution in [0.15, 0.2) is 46.9 Å². The van der Waals surface area contributed by atoms with E-state index in [1.807, 2.05) is 70.2 Å². The minimum Gasteiger partial charge on any atom is -0.453 e. The molecule has 1 saturated heterocycles. The van der Waals surface area contributed by atoms with Gasteiger partial charge in [-0.2, -0.15) is 0 Å². The van der Waals surface area contributed by atoms with E-state index >= 15 is 0 Å². The monoisotopic (exact) mass is 379 g/mol. The Kier molecular flexibility index (Phi) is 3.46. The molecular weight excluding hydrogens is 361 g/mol. The van der Waals surface area contributed by atoms with Gasteiger partial charge < -0.3 is 13.7 Å². The highest BCUT2D eigenvalue weighted by Gasteiger charge is 2.52. The molecule has 4 nitrogen and oxygen atoms in total. The van der Waals surface area contributed by atoms with Gasteiger partial charge in [0.05, 0.1) is 21.7 Å². The van der Waals surface area contributed by atoms with Crippen LogP contribution < -0.4 is 5.46 Å². The number of rotatable bonds is 1. The third kappa shape index (κ3) is 2.42. The van der Waals surface area contributed by atoms with Crippen molar-refractivity contribution in [1.29, 1.82) is 0 Å². The van der Waals surface area contributed by atoms with Crippen LogP contribution in [0.25, 0.3) is 33.0 Å². The second kappa shape index (κ2) is 5.47. The number of nitrogens with zero attached hydrogens (tertiary/aromatic N) is 1. The highest BCUT2D eigenvalue weighted by atomic mass is 35.5. The summed E-state index contributed by atoms with van der Waals surface area (Å²) in [6.45, 7) is 8.16. The zero-order valence-corrected chi connectivity index (χ0v) is 16.4. The standard InChI is InChI=1S/C21H19BClNO3/c1-20(2)21(3,4)27-22(26-20)13-9-10-14(23)19-17(13)18-16(25-19)11-12-7-5-6-8-15(12)24-18/h5-11H,1-4H3. The van der Waals surface area contributed by atoms with Crippen LogP contribution in [0, 0.1) is 0 Å². The van der Waals surface area contributed by atoms with Gasteiger partial charge >= 0.3 is 7.12 Å². The molecule has 0 atom stereocenters. The number of halogens is 1. The van der Waals surface area contributed by atoms with E-state index in [1.54, 1.807) is 0 Å². The van der Waals surface area contributed by atoms with Gasteiger partial charge in [0.15, 0.2) is 11.2 Å². The van der Waals surface area contributed by atoms with Gasteiger partial charge in [-0.3, -0.25) is 0 Å². The smallest absolute Gasteiger partial charge is 0.453 e. The average Bonchev–Trinajstić information content (AvgIpc) is 3.08. The van der Waals surface area contributed by atoms with Crippen molar-refractivity contribution >= 4 is 57.2 Å². The van der Waals surface area contributed by atoms with Gasteiger partial charge in [-0.25, -0.2) is 4.98 Å². The summed E-state index contributed by atoms with van der Waals surface area (Å²) in [7, 11) is -0.510. The summed E-state index contributed by atoms with van der Waals surface area (Å²) < 4.78 is 18.6. The molecule has 2 aromatic heterocycles. The number of hydrogen-bond acceptors (Lipinski definition) is 4. The number of benzene rings is 2. The van der Waals surface area contributed by atoms with Gasteiger partial charge in [0, 0.05) is 10.8 Å². The van der Waals surface area contributed by atoms with Crippen LogP contribution in [-0.2, 0) is 9.31 Å². The lowest BCUT2D eigenvalue weighted by atomic mass is 9.77. The first kappa shape index (κ1) is 17.1. The first-order valence-corrected chi connectivity index (χ1v) is 9.41. The second-order valence-corrected chi connectivity index (χ2v) is 8.47. The number of pyridine rings is 1. The molecule has 0 spiro atoms. The van der Waals surface area contributed by atoms with Gasteiger partial charge in [-0.15, -0.1) is 0 Å². The lowest BCUT2D eigenvalue weighted by Crippen LogP contribution is -2.41. The van der Waals surface area contributed by atoms with E-state index in [-0.39, 0.29) is 0 Å². The minimum absolute atomic E-state index is 0.427. The molecule has 5 rings (SSSR count). The van der Waals surface area contributed by atoms with E-state index < -0.39 is 18.3 Å². The molecule has 4 aromatic rings. The number of furan rings is 1. The van der Waals surface area contributed by atoms with Crippen molar-refractivity contribution in [1.82, 2.24) is 4.98 Å². The number of fused-ring (bicyclic) bond motifs is 4. The van der Waals surface area contributed by atoms with Gasteiger partial charge in [-0.1, -0.05) is 35.9 Å². The molecule has 1 aliphatic heterocycles. The minimum atomic E-state index is -0.510. The lowest BCUT2D eigenvalue weighted by molar-refractivity contribution is 0.00578. The Bertz CT molecular complexity index is 1200. The maximum Gasteiger partial charge on any atom is 0.495 e. The van der Waals surface area contributed by atoms with Crippen LogP contribution in [0.2, 0.25) is 5.02 Å². The molecule has 27 heavy (non-hydrogen) atoms. The second-order valence-electron chi connectivity index (χ2n) is 8.06. The lowest BCUT2D eigenvalue weighted by Gasteiger charge is -2.32. The third-order valence-corrected chi connectivity index (χ3v) is 6.08. The Labute approximate surface area is 162 Å². The summed E-state index contributed by atoms with van der Waals surface area (Å²) in [5, 5.41) is 2.42. The first-order valence-electron chi connectivity index (χ1n) is 9.03. The molecule has 2 aromatic carbocycles. The summed E-state index contributed by atoms with van der Waals surface area (Å²) in [6.07, 6.45) is 0. The van der Waals surface area contributed by atoms with E-state index in [4.69, 9.17) is 30.3 Å². The zero-order valence-electron chi connectivity index (χ0n) is 15.7. The molecule has 0 unspecified atom stereocenters. The summed E-state index contributed by atoms with van der Waals surface area (Å²) in [4.78, 5) is 4.85. The molecule has 0 bridgehead atoms. The highest BCUT2D eigenvalue weighted by molar-refractivity contribution is 6.66. The number of hydrogen-bond donors (Lipinski definition) is 0. The van der Waals surface area contributed by atoms with Crippen molar-refractivity contribution < 1.29 is 13.7 Å². The Morgan fingerprint density at radius 3 is 2.41 bits per heavy atom. The molecule has 0 saturated carbocycles. The normalized spacial score (nSPS) is 18.8. The van der Waals surface area contributed by atoms with E-state index in [2.05, 4.69) is 0 Å². The number of aromatic nitrogens is 1. The van der Waals surface area contributed by atoms with Gasteiger partial charge in [0.2, 0.25) is 0 Å². The molecular formula is C21H19BClNO3. The van der Waals surface area contributed by atoms with E-state index in [0.717, 1.165) is 27.3 Å². The molecule has 0 radical (unpaired) electrons. The maximum absolute atomic E-state index is 6.45. The quantitative estimate of drug-likeness (QED) is 0.432. The fourth-order valence-electron chi connectivity index (χ4n) is 3.55. The average molecular weight is 380 g/mol. The highest BCUT2D eigenvalue weighted by Crippen LogP contribution is 2.39. The molecule has 0 N–H and O–H groups in total. The molecule has 3 heterocycles. The fraction of sp³-hybridized carbons (Fsp3) is 0.286. The number of para-hydroxylation sites is 1. The molecule has 0 amide bonds. The Morgan fingerprint density at radius 2 is 1.67 bits per heavy atom. The van der Waals surface area contributed by atoms with E-state index in [0.29, 0.717) is 16.2 Å². The Morgan fingerprint density at radius 1 is 0.963 bits per heavy atom. The van der Waals surface area contributed by atoms with Gasteiger partial charge in [-0.05, 0) is 51.4 Å². The molecule has 0 aliphatic carbocycles. The van der Waals surface area contributed by atoms with Crippen LogP contribution in [0.1, 0.15) is 27.7 Å². The Balaban J connectivity index is 1.81. The predicted molar refractivity (Wildman–Crippen MR) is 110 cm³/mol. The SMILES string of the molecule is CC1(C)OB(c2ccc(Cl)c3oc4cc5ccccc5nc4c23)OC1(C)C. The summed E-state index contributed by atoms with van der Waals surface area (Å²) >= 11 is 6.45. The predicted octanol–water partition coefficient (Wildman–Crippen LogP) is 5.09. The van der Waals surface area contributed by atoms with Crippen LogP contribution >= 0.6 is 11.6 Å². The summed E-state index contributed by atoms with van der Waals surface area (Å²) in [5.74, 6) is 0. The van der Waals surface area contributed by atoms with Crippen LogP contribution in [-0.4, -0.2) is 23.3 Å². The molecule has 1 aliphatic rings.